The number of halogens is 2. The first-order chi connectivity index (χ1) is 10.2. The average Bonchev–Trinajstić information content (AvgIpc) is 3.10. The van der Waals surface area contributed by atoms with E-state index in [1.54, 1.807) is 7.11 Å². The maximum absolute atomic E-state index is 13.6. The van der Waals surface area contributed by atoms with Crippen LogP contribution in [0.3, 0.4) is 0 Å². The van der Waals surface area contributed by atoms with Gasteiger partial charge in [-0.1, -0.05) is 11.2 Å². The van der Waals surface area contributed by atoms with Gasteiger partial charge >= 0.3 is 0 Å². The molecule has 0 unspecified atom stereocenters. The summed E-state index contributed by atoms with van der Waals surface area (Å²) in [6, 6.07) is 3.39. The molecule has 1 N–H and O–H groups in total. The van der Waals surface area contributed by atoms with Gasteiger partial charge in [0.25, 0.3) is 0 Å². The van der Waals surface area contributed by atoms with E-state index in [2.05, 4.69) is 15.5 Å². The van der Waals surface area contributed by atoms with E-state index in [0.717, 1.165) is 19.0 Å². The fourth-order valence-electron chi connectivity index (χ4n) is 2.39. The van der Waals surface area contributed by atoms with Gasteiger partial charge < -0.3 is 14.6 Å². The third-order valence-corrected chi connectivity index (χ3v) is 3.57. The molecule has 1 aromatic carbocycles. The predicted octanol–water partition coefficient (Wildman–Crippen LogP) is 1.99. The number of aromatic nitrogens is 2. The van der Waals surface area contributed by atoms with Gasteiger partial charge in [-0.2, -0.15) is 4.98 Å². The number of hydrogen-bond acceptors (Lipinski definition) is 5. The highest BCUT2D eigenvalue weighted by Gasteiger charge is 2.29. The third-order valence-electron chi connectivity index (χ3n) is 3.57. The third kappa shape index (κ3) is 3.08. The number of methoxy groups -OCH3 is 1. The van der Waals surface area contributed by atoms with Gasteiger partial charge in [-0.15, -0.1) is 0 Å². The molecule has 1 fully saturated rings. The summed E-state index contributed by atoms with van der Waals surface area (Å²) in [5.41, 5.74) is 0.331. The molecular weight excluding hydrogens is 280 g/mol. The van der Waals surface area contributed by atoms with Gasteiger partial charge in [-0.25, -0.2) is 8.78 Å². The zero-order valence-corrected chi connectivity index (χ0v) is 11.5. The van der Waals surface area contributed by atoms with Crippen molar-refractivity contribution in [3.8, 4) is 0 Å². The zero-order chi connectivity index (χ0) is 14.8. The first kappa shape index (κ1) is 14.1. The van der Waals surface area contributed by atoms with Crippen molar-refractivity contribution in [2.45, 2.75) is 25.0 Å². The summed E-state index contributed by atoms with van der Waals surface area (Å²) in [5.74, 6) is -0.379. The molecule has 1 saturated heterocycles. The molecule has 112 valence electrons. The maximum Gasteiger partial charge on any atom is 0.243 e. The Morgan fingerprint density at radius 3 is 3.00 bits per heavy atom. The molecule has 0 bridgehead atoms. The molecular formula is C14H15F2N3O2. The van der Waals surface area contributed by atoms with Gasteiger partial charge in [0.1, 0.15) is 11.6 Å². The Balaban J connectivity index is 1.70. The summed E-state index contributed by atoms with van der Waals surface area (Å²) < 4.78 is 36.9. The van der Waals surface area contributed by atoms with Crippen LogP contribution in [0.25, 0.3) is 0 Å². The Morgan fingerprint density at radius 1 is 1.43 bits per heavy atom. The number of ether oxygens (including phenoxy) is 1. The predicted molar refractivity (Wildman–Crippen MR) is 69.6 cm³/mol. The minimum Gasteiger partial charge on any atom is -0.380 e. The molecule has 2 aromatic rings. The monoisotopic (exact) mass is 295 g/mol. The van der Waals surface area contributed by atoms with Crippen LogP contribution in [-0.2, 0) is 11.2 Å². The van der Waals surface area contributed by atoms with E-state index in [1.165, 1.54) is 12.1 Å². The molecule has 5 nitrogen and oxygen atoms in total. The van der Waals surface area contributed by atoms with E-state index in [-0.39, 0.29) is 18.6 Å². The quantitative estimate of drug-likeness (QED) is 0.934. The van der Waals surface area contributed by atoms with Crippen molar-refractivity contribution in [1.29, 1.82) is 0 Å². The summed E-state index contributed by atoms with van der Waals surface area (Å²) in [7, 11) is 1.66. The van der Waals surface area contributed by atoms with E-state index >= 15 is 0 Å². The lowest BCUT2D eigenvalue weighted by atomic mass is 10.1. The molecule has 1 aliphatic rings. The molecule has 3 rings (SSSR count). The van der Waals surface area contributed by atoms with Gasteiger partial charge in [-0.3, -0.25) is 0 Å². The highest BCUT2D eigenvalue weighted by Crippen LogP contribution is 2.24. The van der Waals surface area contributed by atoms with Crippen molar-refractivity contribution in [3.63, 3.8) is 0 Å². The van der Waals surface area contributed by atoms with Gasteiger partial charge in [0.2, 0.25) is 5.89 Å². The molecule has 0 aliphatic carbocycles. The first-order valence-corrected chi connectivity index (χ1v) is 6.68. The van der Waals surface area contributed by atoms with Crippen molar-refractivity contribution in [3.05, 3.63) is 47.1 Å². The van der Waals surface area contributed by atoms with Crippen LogP contribution in [0.5, 0.6) is 0 Å². The minimum atomic E-state index is -0.611. The van der Waals surface area contributed by atoms with Crippen molar-refractivity contribution < 1.29 is 18.0 Å². The Bertz CT molecular complexity index is 632. The summed E-state index contributed by atoms with van der Waals surface area (Å²) in [6.07, 6.45) is 1.04. The molecule has 1 aromatic heterocycles. The highest BCUT2D eigenvalue weighted by molar-refractivity contribution is 5.21. The van der Waals surface area contributed by atoms with Crippen molar-refractivity contribution in [2.24, 2.45) is 0 Å². The lowest BCUT2D eigenvalue weighted by Gasteiger charge is -2.04. The molecule has 2 atom stereocenters. The van der Waals surface area contributed by atoms with E-state index in [4.69, 9.17) is 9.26 Å². The van der Waals surface area contributed by atoms with Gasteiger partial charge in [0, 0.05) is 26.1 Å². The molecule has 0 spiro atoms. The number of hydrogen-bond donors (Lipinski definition) is 1. The molecule has 0 saturated carbocycles. The SMILES string of the molecule is CO[C@@H]1CN[C@@H](c2nc(Cc3ccc(F)cc3F)no2)C1. The number of benzene rings is 1. The van der Waals surface area contributed by atoms with Crippen LogP contribution in [0.4, 0.5) is 8.78 Å². The van der Waals surface area contributed by atoms with E-state index in [9.17, 15) is 8.78 Å². The molecule has 1 aliphatic heterocycles. The van der Waals surface area contributed by atoms with Crippen molar-refractivity contribution >= 4 is 0 Å². The summed E-state index contributed by atoms with van der Waals surface area (Å²) in [6.45, 7) is 0.728. The van der Waals surface area contributed by atoms with Crippen LogP contribution in [0.2, 0.25) is 0 Å². The van der Waals surface area contributed by atoms with Crippen LogP contribution in [-0.4, -0.2) is 29.9 Å². The molecule has 7 heteroatoms. The second-order valence-corrected chi connectivity index (χ2v) is 5.02. The largest absolute Gasteiger partial charge is 0.380 e. The summed E-state index contributed by atoms with van der Waals surface area (Å²) in [4.78, 5) is 4.26. The maximum atomic E-state index is 13.6. The Kier molecular flexibility index (Phi) is 3.94. The lowest BCUT2D eigenvalue weighted by Crippen LogP contribution is -2.16. The van der Waals surface area contributed by atoms with Crippen LogP contribution in [0.15, 0.2) is 22.7 Å². The minimum absolute atomic E-state index is 0.0470. The van der Waals surface area contributed by atoms with Crippen LogP contribution >= 0.6 is 0 Å². The zero-order valence-electron chi connectivity index (χ0n) is 11.5. The standard InChI is InChI=1S/C14H15F2N3O2/c1-20-10-6-12(17-7-10)14-18-13(19-21-14)4-8-2-3-9(15)5-11(8)16/h2-3,5,10,12,17H,4,6-7H2,1H3/t10-,12+/m0/s1. The smallest absolute Gasteiger partial charge is 0.243 e. The topological polar surface area (TPSA) is 60.2 Å². The van der Waals surface area contributed by atoms with Gasteiger partial charge in [-0.05, 0) is 18.1 Å². The average molecular weight is 295 g/mol. The first-order valence-electron chi connectivity index (χ1n) is 6.68. The van der Waals surface area contributed by atoms with E-state index in [1.807, 2.05) is 0 Å². The number of nitrogens with zero attached hydrogens (tertiary/aromatic N) is 2. The lowest BCUT2D eigenvalue weighted by molar-refractivity contribution is 0.116. The normalized spacial score (nSPS) is 21.9. The van der Waals surface area contributed by atoms with E-state index < -0.39 is 11.6 Å². The molecule has 21 heavy (non-hydrogen) atoms. The van der Waals surface area contributed by atoms with E-state index in [0.29, 0.717) is 17.3 Å². The molecule has 2 heterocycles. The Morgan fingerprint density at radius 2 is 2.29 bits per heavy atom. The van der Waals surface area contributed by atoms with Gasteiger partial charge in [0.15, 0.2) is 5.82 Å². The Hall–Kier alpha value is -1.86. The van der Waals surface area contributed by atoms with Crippen LogP contribution < -0.4 is 5.32 Å². The number of nitrogens with one attached hydrogen (secondary N) is 1. The highest BCUT2D eigenvalue weighted by atomic mass is 19.1. The molecule has 0 radical (unpaired) electrons. The van der Waals surface area contributed by atoms with Gasteiger partial charge in [0.05, 0.1) is 12.1 Å². The summed E-state index contributed by atoms with van der Waals surface area (Å²) >= 11 is 0. The van der Waals surface area contributed by atoms with Crippen molar-refractivity contribution in [2.75, 3.05) is 13.7 Å². The second kappa shape index (κ2) is 5.87. The van der Waals surface area contributed by atoms with Crippen LogP contribution in [0.1, 0.15) is 29.7 Å². The fourth-order valence-corrected chi connectivity index (χ4v) is 2.39. The number of rotatable bonds is 4. The summed E-state index contributed by atoms with van der Waals surface area (Å²) in [5, 5.41) is 7.07. The molecule has 0 amide bonds. The van der Waals surface area contributed by atoms with Crippen molar-refractivity contribution in [1.82, 2.24) is 15.5 Å². The Labute approximate surface area is 120 Å². The van der Waals surface area contributed by atoms with Crippen LogP contribution in [0, 0.1) is 11.6 Å². The second-order valence-electron chi connectivity index (χ2n) is 5.02. The fraction of sp³-hybridized carbons (Fsp3) is 0.429.